The largest absolute Gasteiger partial charge is 0.491 e. The molecule has 2 amide bonds. The number of aromatic nitrogens is 1. The zero-order valence-electron chi connectivity index (χ0n) is 16.8. The molecule has 3 rings (SSSR count). The molecule has 0 fully saturated rings. The van der Waals surface area contributed by atoms with E-state index < -0.39 is 0 Å². The Morgan fingerprint density at radius 3 is 2.72 bits per heavy atom. The molecule has 0 bridgehead atoms. The van der Waals surface area contributed by atoms with E-state index in [0.717, 1.165) is 16.2 Å². The van der Waals surface area contributed by atoms with E-state index in [0.29, 0.717) is 29.1 Å². The molecule has 1 heterocycles. The summed E-state index contributed by atoms with van der Waals surface area (Å²) in [6.45, 7) is 6.77. The van der Waals surface area contributed by atoms with Gasteiger partial charge in [0.2, 0.25) is 0 Å². The summed E-state index contributed by atoms with van der Waals surface area (Å²) in [7, 11) is 0. The number of benzene rings is 2. The molecule has 0 radical (unpaired) electrons. The normalized spacial score (nSPS) is 10.8. The van der Waals surface area contributed by atoms with Gasteiger partial charge < -0.3 is 10.1 Å². The molecular weight excluding hydrogens is 402 g/mol. The fourth-order valence-corrected chi connectivity index (χ4v) is 4.21. The van der Waals surface area contributed by atoms with Crippen LogP contribution >= 0.6 is 23.1 Å². The number of aryl methyl sites for hydroxylation is 1. The molecule has 0 saturated carbocycles. The Kier molecular flexibility index (Phi) is 7.55. The first-order valence-corrected chi connectivity index (χ1v) is 11.2. The molecule has 0 aliphatic carbocycles. The van der Waals surface area contributed by atoms with Gasteiger partial charge in [-0.1, -0.05) is 38.1 Å². The number of thioether (sulfide) groups is 1. The lowest BCUT2D eigenvalue weighted by atomic mass is 10.2. The number of ether oxygens (including phenoxy) is 1. The smallest absolute Gasteiger partial charge is 0.325 e. The number of urea groups is 1. The molecule has 0 spiro atoms. The number of amides is 2. The molecule has 0 aliphatic heterocycles. The van der Waals surface area contributed by atoms with Crippen LogP contribution in [0.2, 0.25) is 0 Å². The minimum absolute atomic E-state index is 0.333. The number of hydrogen-bond acceptors (Lipinski definition) is 5. The number of nitrogens with zero attached hydrogens (tertiary/aromatic N) is 1. The van der Waals surface area contributed by atoms with Crippen LogP contribution in [-0.4, -0.2) is 17.6 Å². The van der Waals surface area contributed by atoms with Gasteiger partial charge in [0.25, 0.3) is 0 Å². The number of nitrogens with one attached hydrogen (secondary N) is 2. The van der Waals surface area contributed by atoms with Crippen molar-refractivity contribution in [2.45, 2.75) is 31.4 Å². The third-order valence-corrected chi connectivity index (χ3v) is 6.01. The van der Waals surface area contributed by atoms with Gasteiger partial charge >= 0.3 is 6.03 Å². The lowest BCUT2D eigenvalue weighted by Crippen LogP contribution is -2.20. The van der Waals surface area contributed by atoms with Crippen molar-refractivity contribution in [3.05, 3.63) is 65.2 Å². The summed E-state index contributed by atoms with van der Waals surface area (Å²) in [6, 6.07) is 15.6. The lowest BCUT2D eigenvalue weighted by molar-refractivity contribution is 0.260. The molecule has 0 unspecified atom stereocenters. The molecule has 2 aromatic carbocycles. The summed E-state index contributed by atoms with van der Waals surface area (Å²) in [5.74, 6) is 1.89. The number of carbonyl (C=O) groups excluding carboxylic acids is 1. The van der Waals surface area contributed by atoms with Crippen molar-refractivity contribution in [2.75, 3.05) is 17.2 Å². The number of hydrogen-bond donors (Lipinski definition) is 2. The van der Waals surface area contributed by atoms with Crippen LogP contribution in [0.15, 0.2) is 59.6 Å². The van der Waals surface area contributed by atoms with E-state index in [-0.39, 0.29) is 6.03 Å². The highest BCUT2D eigenvalue weighted by Gasteiger charge is 2.11. The van der Waals surface area contributed by atoms with Crippen LogP contribution in [0.5, 0.6) is 5.75 Å². The van der Waals surface area contributed by atoms with E-state index in [1.54, 1.807) is 18.0 Å². The molecule has 0 saturated heterocycles. The predicted octanol–water partition coefficient (Wildman–Crippen LogP) is 6.42. The Morgan fingerprint density at radius 1 is 1.17 bits per heavy atom. The highest BCUT2D eigenvalue weighted by atomic mass is 32.2. The van der Waals surface area contributed by atoms with E-state index in [4.69, 9.17) is 4.74 Å². The first-order chi connectivity index (χ1) is 14.0. The minimum Gasteiger partial charge on any atom is -0.491 e. The fourth-order valence-electron chi connectivity index (χ4n) is 2.46. The molecule has 7 heteroatoms. The second-order valence-electron chi connectivity index (χ2n) is 7.02. The summed E-state index contributed by atoms with van der Waals surface area (Å²) in [5.41, 5.74) is 1.72. The zero-order valence-corrected chi connectivity index (χ0v) is 18.4. The molecule has 0 aliphatic rings. The molecular formula is C22H25N3O2S2. The van der Waals surface area contributed by atoms with Crippen molar-refractivity contribution < 1.29 is 9.53 Å². The van der Waals surface area contributed by atoms with Gasteiger partial charge in [0.1, 0.15) is 5.75 Å². The first-order valence-electron chi connectivity index (χ1n) is 9.43. The van der Waals surface area contributed by atoms with Crippen LogP contribution in [0.25, 0.3) is 0 Å². The number of rotatable bonds is 8. The molecule has 1 aromatic heterocycles. The van der Waals surface area contributed by atoms with E-state index in [1.807, 2.05) is 43.3 Å². The van der Waals surface area contributed by atoms with Crippen molar-refractivity contribution in [3.8, 4) is 5.75 Å². The first kappa shape index (κ1) is 21.2. The zero-order chi connectivity index (χ0) is 20.6. The molecule has 152 valence electrons. The van der Waals surface area contributed by atoms with E-state index in [9.17, 15) is 4.79 Å². The van der Waals surface area contributed by atoms with Crippen molar-refractivity contribution in [1.29, 1.82) is 0 Å². The summed E-state index contributed by atoms with van der Waals surface area (Å²) in [6.07, 6.45) is 1.80. The maximum atomic E-state index is 12.4. The summed E-state index contributed by atoms with van der Waals surface area (Å²) in [4.78, 5) is 19.0. The van der Waals surface area contributed by atoms with Crippen LogP contribution in [0, 0.1) is 12.8 Å². The van der Waals surface area contributed by atoms with Gasteiger partial charge in [-0.2, -0.15) is 0 Å². The van der Waals surface area contributed by atoms with Crippen molar-refractivity contribution in [1.82, 2.24) is 4.98 Å². The van der Waals surface area contributed by atoms with Gasteiger partial charge in [-0.25, -0.2) is 9.78 Å². The van der Waals surface area contributed by atoms with Crippen molar-refractivity contribution in [3.63, 3.8) is 0 Å². The third kappa shape index (κ3) is 6.80. The third-order valence-electron chi connectivity index (χ3n) is 3.86. The van der Waals surface area contributed by atoms with Gasteiger partial charge in [-0.05, 0) is 42.7 Å². The molecule has 29 heavy (non-hydrogen) atoms. The number of carbonyl (C=O) groups is 1. The van der Waals surface area contributed by atoms with Gasteiger partial charge in [-0.3, -0.25) is 5.32 Å². The van der Waals surface area contributed by atoms with Gasteiger partial charge in [0, 0.05) is 21.7 Å². The summed E-state index contributed by atoms with van der Waals surface area (Å²) < 4.78 is 5.85. The van der Waals surface area contributed by atoms with Gasteiger partial charge in [-0.15, -0.1) is 23.1 Å². The van der Waals surface area contributed by atoms with Gasteiger partial charge in [0.05, 0.1) is 12.3 Å². The Hall–Kier alpha value is -2.51. The fraction of sp³-hybridized carbons (Fsp3) is 0.273. The Morgan fingerprint density at radius 2 is 1.97 bits per heavy atom. The van der Waals surface area contributed by atoms with Crippen molar-refractivity contribution >= 4 is 39.9 Å². The molecule has 0 atom stereocenters. The average Bonchev–Trinajstić information content (AvgIpc) is 3.14. The standard InChI is InChI=1S/C22H25N3O2S2/c1-15(2)13-27-20-11-16(3)9-10-19(20)24-21(26)25-22-23-12-18(29-22)14-28-17-7-5-4-6-8-17/h4-12,15H,13-14H2,1-3H3,(H2,23,24,25,26). The topological polar surface area (TPSA) is 63.2 Å². The monoisotopic (exact) mass is 427 g/mol. The van der Waals surface area contributed by atoms with Crippen LogP contribution in [0.1, 0.15) is 24.3 Å². The van der Waals surface area contributed by atoms with Crippen molar-refractivity contribution in [2.24, 2.45) is 5.92 Å². The average molecular weight is 428 g/mol. The predicted molar refractivity (Wildman–Crippen MR) is 122 cm³/mol. The van der Waals surface area contributed by atoms with Crippen LogP contribution in [0.4, 0.5) is 15.6 Å². The molecule has 3 aromatic rings. The van der Waals surface area contributed by atoms with E-state index in [1.165, 1.54) is 16.2 Å². The van der Waals surface area contributed by atoms with Crippen LogP contribution < -0.4 is 15.4 Å². The Balaban J connectivity index is 1.56. The maximum absolute atomic E-state index is 12.4. The Bertz CT molecular complexity index is 942. The molecule has 2 N–H and O–H groups in total. The lowest BCUT2D eigenvalue weighted by Gasteiger charge is -2.14. The summed E-state index contributed by atoms with van der Waals surface area (Å²) in [5, 5.41) is 6.24. The number of thiazole rings is 1. The van der Waals surface area contributed by atoms with E-state index >= 15 is 0 Å². The summed E-state index contributed by atoms with van der Waals surface area (Å²) >= 11 is 3.22. The number of anilines is 2. The SMILES string of the molecule is Cc1ccc(NC(=O)Nc2ncc(CSc3ccccc3)s2)c(OCC(C)C)c1. The minimum atomic E-state index is -0.333. The van der Waals surface area contributed by atoms with E-state index in [2.05, 4.69) is 41.6 Å². The maximum Gasteiger partial charge on any atom is 0.325 e. The quantitative estimate of drug-likeness (QED) is 0.407. The van der Waals surface area contributed by atoms with Crippen LogP contribution in [-0.2, 0) is 5.75 Å². The Labute approximate surface area is 179 Å². The van der Waals surface area contributed by atoms with Crippen LogP contribution in [0.3, 0.4) is 0 Å². The second-order valence-corrected chi connectivity index (χ2v) is 9.18. The highest BCUT2D eigenvalue weighted by molar-refractivity contribution is 7.98. The van der Waals surface area contributed by atoms with Gasteiger partial charge in [0.15, 0.2) is 5.13 Å². The second kappa shape index (κ2) is 10.3. The molecule has 5 nitrogen and oxygen atoms in total. The highest BCUT2D eigenvalue weighted by Crippen LogP contribution is 2.29.